The fourth-order valence-electron chi connectivity index (χ4n) is 2.97. The molecule has 4 rings (SSSR count). The molecule has 0 radical (unpaired) electrons. The molecule has 4 aromatic rings. The Kier molecular flexibility index (Phi) is 6.50. The summed E-state index contributed by atoms with van der Waals surface area (Å²) in [5.41, 5.74) is 7.40. The van der Waals surface area contributed by atoms with E-state index in [1.54, 1.807) is 36.5 Å². The first kappa shape index (κ1) is 22.0. The van der Waals surface area contributed by atoms with Gasteiger partial charge in [0.2, 0.25) is 5.13 Å². The maximum Gasteiger partial charge on any atom is 0.269 e. The Morgan fingerprint density at radius 3 is 2.38 bits per heavy atom. The molecule has 32 heavy (non-hydrogen) atoms. The van der Waals surface area contributed by atoms with Gasteiger partial charge in [0.1, 0.15) is 0 Å². The zero-order valence-electron chi connectivity index (χ0n) is 16.8. The van der Waals surface area contributed by atoms with Gasteiger partial charge in [-0.05, 0) is 36.8 Å². The molecule has 0 aliphatic heterocycles. The minimum atomic E-state index is -0.416. The highest BCUT2D eigenvalue weighted by molar-refractivity contribution is 7.19. The maximum atomic E-state index is 11.0. The van der Waals surface area contributed by atoms with E-state index >= 15 is 0 Å². The predicted molar refractivity (Wildman–Crippen MR) is 132 cm³/mol. The monoisotopic (exact) mass is 482 g/mol. The Bertz CT molecular complexity index is 1300. The van der Waals surface area contributed by atoms with Crippen molar-refractivity contribution in [1.82, 2.24) is 4.98 Å². The summed E-state index contributed by atoms with van der Waals surface area (Å²) in [6.45, 7) is 2.02. The van der Waals surface area contributed by atoms with Gasteiger partial charge in [-0.3, -0.25) is 15.5 Å². The fourth-order valence-corrected chi connectivity index (χ4v) is 4.37. The molecule has 0 spiro atoms. The fraction of sp³-hybridized carbons (Fsp3) is 0.0435. The van der Waals surface area contributed by atoms with Crippen LogP contribution >= 0.6 is 34.5 Å². The molecule has 0 bridgehead atoms. The van der Waals surface area contributed by atoms with Crippen LogP contribution in [0.25, 0.3) is 21.7 Å². The molecule has 160 valence electrons. The van der Waals surface area contributed by atoms with Crippen molar-refractivity contribution in [2.24, 2.45) is 5.10 Å². The highest BCUT2D eigenvalue weighted by Crippen LogP contribution is 2.39. The standard InChI is InChI=1S/C23H16Cl2N4O2S/c1-14-2-4-15(5-3-14)21-22(16-7-10-19(11-8-16)29(30)31)32-23(27-21)28-26-13-17-6-9-18(24)12-20(17)25/h2-13H,1H3,(H,27,28)/b26-13-. The van der Waals surface area contributed by atoms with Crippen LogP contribution in [0, 0.1) is 17.0 Å². The minimum Gasteiger partial charge on any atom is -0.258 e. The number of aromatic nitrogens is 1. The summed E-state index contributed by atoms with van der Waals surface area (Å²) in [4.78, 5) is 16.2. The molecule has 0 unspecified atom stereocenters. The zero-order valence-corrected chi connectivity index (χ0v) is 19.1. The van der Waals surface area contributed by atoms with Gasteiger partial charge in [0.15, 0.2) is 0 Å². The molecule has 9 heteroatoms. The first-order valence-electron chi connectivity index (χ1n) is 9.47. The van der Waals surface area contributed by atoms with Crippen molar-refractivity contribution in [1.29, 1.82) is 0 Å². The summed E-state index contributed by atoms with van der Waals surface area (Å²) in [6, 6.07) is 19.6. The summed E-state index contributed by atoms with van der Waals surface area (Å²) >= 11 is 13.5. The van der Waals surface area contributed by atoms with Gasteiger partial charge in [-0.1, -0.05) is 70.4 Å². The molecule has 1 aromatic heterocycles. The van der Waals surface area contributed by atoms with Crippen molar-refractivity contribution in [3.8, 4) is 21.7 Å². The number of nitro benzene ring substituents is 1. The molecule has 0 fully saturated rings. The second kappa shape index (κ2) is 9.48. The Hall–Kier alpha value is -3.26. The van der Waals surface area contributed by atoms with Gasteiger partial charge in [-0.25, -0.2) is 4.98 Å². The van der Waals surface area contributed by atoms with Gasteiger partial charge in [0.05, 0.1) is 26.7 Å². The number of non-ortho nitro benzene ring substituents is 1. The van der Waals surface area contributed by atoms with Crippen LogP contribution in [-0.4, -0.2) is 16.1 Å². The SMILES string of the molecule is Cc1ccc(-c2nc(N/N=C\c3ccc(Cl)cc3Cl)sc2-c2ccc([N+](=O)[O-])cc2)cc1. The van der Waals surface area contributed by atoms with Gasteiger partial charge in [0.25, 0.3) is 5.69 Å². The van der Waals surface area contributed by atoms with E-state index in [-0.39, 0.29) is 5.69 Å². The lowest BCUT2D eigenvalue weighted by Crippen LogP contribution is -1.91. The van der Waals surface area contributed by atoms with E-state index in [1.807, 2.05) is 31.2 Å². The molecule has 0 amide bonds. The zero-order chi connectivity index (χ0) is 22.7. The number of nitrogens with one attached hydrogen (secondary N) is 1. The van der Waals surface area contributed by atoms with Gasteiger partial charge < -0.3 is 0 Å². The third-order valence-corrected chi connectivity index (χ3v) is 6.19. The summed E-state index contributed by atoms with van der Waals surface area (Å²) in [6.07, 6.45) is 1.59. The van der Waals surface area contributed by atoms with Gasteiger partial charge in [0, 0.05) is 28.3 Å². The molecule has 0 aliphatic carbocycles. The number of hydrazone groups is 1. The predicted octanol–water partition coefficient (Wildman–Crippen LogP) is 7.45. The van der Waals surface area contributed by atoms with Crippen LogP contribution in [0.15, 0.2) is 71.8 Å². The Balaban J connectivity index is 1.67. The van der Waals surface area contributed by atoms with Gasteiger partial charge in [-0.2, -0.15) is 5.10 Å². The third kappa shape index (κ3) is 4.96. The van der Waals surface area contributed by atoms with Crippen molar-refractivity contribution in [3.63, 3.8) is 0 Å². The first-order chi connectivity index (χ1) is 15.4. The molecular formula is C23H16Cl2N4O2S. The van der Waals surface area contributed by atoms with Crippen LogP contribution in [0.1, 0.15) is 11.1 Å². The lowest BCUT2D eigenvalue weighted by atomic mass is 10.1. The number of nitrogens with zero attached hydrogens (tertiary/aromatic N) is 3. The lowest BCUT2D eigenvalue weighted by Gasteiger charge is -2.03. The van der Waals surface area contributed by atoms with E-state index < -0.39 is 4.92 Å². The van der Waals surface area contributed by atoms with Crippen molar-refractivity contribution in [3.05, 3.63) is 98.0 Å². The molecule has 1 heterocycles. The molecular weight excluding hydrogens is 467 g/mol. The van der Waals surface area contributed by atoms with Crippen molar-refractivity contribution in [2.75, 3.05) is 5.43 Å². The number of hydrogen-bond acceptors (Lipinski definition) is 6. The van der Waals surface area contributed by atoms with Gasteiger partial charge in [-0.15, -0.1) is 0 Å². The molecule has 3 aromatic carbocycles. The largest absolute Gasteiger partial charge is 0.269 e. The molecule has 0 atom stereocenters. The molecule has 6 nitrogen and oxygen atoms in total. The number of hydrogen-bond donors (Lipinski definition) is 1. The van der Waals surface area contributed by atoms with Crippen LogP contribution in [0.2, 0.25) is 10.0 Å². The quantitative estimate of drug-likeness (QED) is 0.176. The molecule has 0 saturated heterocycles. The maximum absolute atomic E-state index is 11.0. The number of anilines is 1. The van der Waals surface area contributed by atoms with E-state index in [0.29, 0.717) is 15.2 Å². The molecule has 0 saturated carbocycles. The summed E-state index contributed by atoms with van der Waals surface area (Å²) in [7, 11) is 0. The van der Waals surface area contributed by atoms with Gasteiger partial charge >= 0.3 is 0 Å². The van der Waals surface area contributed by atoms with Crippen molar-refractivity contribution < 1.29 is 4.92 Å². The van der Waals surface area contributed by atoms with Crippen LogP contribution in [0.5, 0.6) is 0 Å². The van der Waals surface area contributed by atoms with Crippen molar-refractivity contribution in [2.45, 2.75) is 6.92 Å². The highest BCUT2D eigenvalue weighted by atomic mass is 35.5. The summed E-state index contributed by atoms with van der Waals surface area (Å²) in [5.74, 6) is 0. The van der Waals surface area contributed by atoms with Crippen molar-refractivity contribution >= 4 is 51.6 Å². The lowest BCUT2D eigenvalue weighted by molar-refractivity contribution is -0.384. The Labute approximate surface area is 198 Å². The van der Waals surface area contributed by atoms with E-state index in [9.17, 15) is 10.1 Å². The Morgan fingerprint density at radius 1 is 1.03 bits per heavy atom. The summed E-state index contributed by atoms with van der Waals surface area (Å²) in [5, 5.41) is 16.9. The summed E-state index contributed by atoms with van der Waals surface area (Å²) < 4.78 is 0. The van der Waals surface area contributed by atoms with Crippen LogP contribution < -0.4 is 5.43 Å². The number of halogens is 2. The third-order valence-electron chi connectivity index (χ3n) is 4.62. The van der Waals surface area contributed by atoms with Crippen LogP contribution in [0.4, 0.5) is 10.8 Å². The topological polar surface area (TPSA) is 80.4 Å². The van der Waals surface area contributed by atoms with Crippen LogP contribution in [-0.2, 0) is 0 Å². The molecule has 1 N–H and O–H groups in total. The average molecular weight is 483 g/mol. The second-order valence-corrected chi connectivity index (χ2v) is 8.75. The first-order valence-corrected chi connectivity index (χ1v) is 11.0. The number of aryl methyl sites for hydroxylation is 1. The second-order valence-electron chi connectivity index (χ2n) is 6.90. The number of benzene rings is 3. The van der Waals surface area contributed by atoms with E-state index in [1.165, 1.54) is 23.5 Å². The van der Waals surface area contributed by atoms with E-state index in [0.717, 1.165) is 32.8 Å². The Morgan fingerprint density at radius 2 is 1.72 bits per heavy atom. The number of thiazole rings is 1. The minimum absolute atomic E-state index is 0.0398. The smallest absolute Gasteiger partial charge is 0.258 e. The molecule has 0 aliphatic rings. The van der Waals surface area contributed by atoms with Crippen LogP contribution in [0.3, 0.4) is 0 Å². The normalized spacial score (nSPS) is 11.1. The van der Waals surface area contributed by atoms with E-state index in [2.05, 4.69) is 10.5 Å². The highest BCUT2D eigenvalue weighted by Gasteiger charge is 2.16. The number of nitro groups is 1. The number of rotatable bonds is 6. The van der Waals surface area contributed by atoms with E-state index in [4.69, 9.17) is 28.2 Å². The average Bonchev–Trinajstić information content (AvgIpc) is 3.20.